The average molecular weight is 392 g/mol. The Kier molecular flexibility index (Phi) is 5.08. The van der Waals surface area contributed by atoms with Gasteiger partial charge >= 0.3 is 6.03 Å². The van der Waals surface area contributed by atoms with Crippen LogP contribution < -0.4 is 4.90 Å². The highest BCUT2D eigenvalue weighted by molar-refractivity contribution is 8.14. The fourth-order valence-corrected chi connectivity index (χ4v) is 3.99. The number of hydrazone groups is 1. The van der Waals surface area contributed by atoms with Crippen molar-refractivity contribution in [2.24, 2.45) is 5.10 Å². The van der Waals surface area contributed by atoms with Gasteiger partial charge in [-0.1, -0.05) is 60.3 Å². The smallest absolute Gasteiger partial charge is 0.280 e. The van der Waals surface area contributed by atoms with Gasteiger partial charge in [0.1, 0.15) is 22.1 Å². The number of anilines is 1. The molecule has 1 unspecified atom stereocenters. The van der Waals surface area contributed by atoms with E-state index in [1.807, 2.05) is 36.4 Å². The van der Waals surface area contributed by atoms with Crippen LogP contribution >= 0.6 is 11.8 Å². The Hall–Kier alpha value is -3.19. The monoisotopic (exact) mass is 392 g/mol. The molecule has 7 heteroatoms. The second-order valence-electron chi connectivity index (χ2n) is 6.17. The molecule has 0 aliphatic carbocycles. The lowest BCUT2D eigenvalue weighted by Gasteiger charge is -2.25. The molecule has 1 aliphatic rings. The van der Waals surface area contributed by atoms with Crippen molar-refractivity contribution in [3.8, 4) is 0 Å². The Morgan fingerprint density at radius 1 is 1.07 bits per heavy atom. The van der Waals surface area contributed by atoms with Crippen molar-refractivity contribution in [2.75, 3.05) is 11.9 Å². The maximum absolute atomic E-state index is 13.7. The third-order valence-electron chi connectivity index (χ3n) is 4.28. The molecule has 0 N–H and O–H groups in total. The number of urea groups is 1. The van der Waals surface area contributed by atoms with Gasteiger partial charge in [-0.2, -0.15) is 10.1 Å². The molecule has 1 aliphatic heterocycles. The van der Waals surface area contributed by atoms with Gasteiger partial charge in [-0.15, -0.1) is 0 Å². The van der Waals surface area contributed by atoms with Gasteiger partial charge < -0.3 is 0 Å². The number of amides is 2. The SMILES string of the molecule is CN(C(=O)N1N=C(c2cccc(F)c2)SC1c1ccccc1)c1ccccn1. The van der Waals surface area contributed by atoms with Gasteiger partial charge in [0.2, 0.25) is 0 Å². The number of carbonyl (C=O) groups is 1. The van der Waals surface area contributed by atoms with Crippen LogP contribution in [0.15, 0.2) is 84.1 Å². The first-order valence-electron chi connectivity index (χ1n) is 8.67. The highest BCUT2D eigenvalue weighted by Gasteiger charge is 2.36. The van der Waals surface area contributed by atoms with Crippen LogP contribution in [0.3, 0.4) is 0 Å². The van der Waals surface area contributed by atoms with E-state index in [0.717, 1.165) is 5.56 Å². The van der Waals surface area contributed by atoms with Gasteiger partial charge in [0.15, 0.2) is 0 Å². The molecule has 1 atom stereocenters. The normalized spacial score (nSPS) is 16.0. The molecule has 0 saturated heterocycles. The zero-order valence-electron chi connectivity index (χ0n) is 15.1. The number of carbonyl (C=O) groups excluding carboxylic acids is 1. The van der Waals surface area contributed by atoms with Crippen LogP contribution in [0, 0.1) is 5.82 Å². The third-order valence-corrected chi connectivity index (χ3v) is 5.51. The van der Waals surface area contributed by atoms with E-state index in [9.17, 15) is 9.18 Å². The largest absolute Gasteiger partial charge is 0.347 e. The number of rotatable bonds is 3. The summed E-state index contributed by atoms with van der Waals surface area (Å²) < 4.78 is 13.7. The molecule has 5 nitrogen and oxygen atoms in total. The molecule has 0 spiro atoms. The molecular formula is C21H17FN4OS. The minimum Gasteiger partial charge on any atom is -0.280 e. The van der Waals surface area contributed by atoms with Crippen LogP contribution in [0.2, 0.25) is 0 Å². The molecule has 0 bridgehead atoms. The van der Waals surface area contributed by atoms with Crippen molar-refractivity contribution in [1.29, 1.82) is 0 Å². The third kappa shape index (κ3) is 3.61. The molecule has 3 aromatic rings. The summed E-state index contributed by atoms with van der Waals surface area (Å²) in [7, 11) is 1.66. The van der Waals surface area contributed by atoms with Crippen LogP contribution in [0.25, 0.3) is 0 Å². The molecule has 28 heavy (non-hydrogen) atoms. The summed E-state index contributed by atoms with van der Waals surface area (Å²) in [5.41, 5.74) is 1.58. The number of benzene rings is 2. The number of halogens is 1. The predicted octanol–water partition coefficient (Wildman–Crippen LogP) is 4.89. The van der Waals surface area contributed by atoms with Crippen LogP contribution in [-0.2, 0) is 0 Å². The lowest BCUT2D eigenvalue weighted by Crippen LogP contribution is -2.38. The fraction of sp³-hybridized carbons (Fsp3) is 0.0952. The van der Waals surface area contributed by atoms with Crippen LogP contribution in [0.5, 0.6) is 0 Å². The Labute approximate surface area is 166 Å². The Morgan fingerprint density at radius 2 is 1.86 bits per heavy atom. The minimum atomic E-state index is -0.349. The highest BCUT2D eigenvalue weighted by Crippen LogP contribution is 2.41. The molecule has 0 radical (unpaired) electrons. The van der Waals surface area contributed by atoms with Gasteiger partial charge in [-0.3, -0.25) is 4.90 Å². The van der Waals surface area contributed by atoms with Gasteiger partial charge in [0.05, 0.1) is 0 Å². The van der Waals surface area contributed by atoms with Gasteiger partial charge in [-0.05, 0) is 29.8 Å². The van der Waals surface area contributed by atoms with Gasteiger partial charge in [0, 0.05) is 18.8 Å². The zero-order chi connectivity index (χ0) is 19.5. The molecule has 1 aromatic heterocycles. The van der Waals surface area contributed by atoms with Crippen molar-refractivity contribution in [2.45, 2.75) is 5.37 Å². The number of thioether (sulfide) groups is 1. The van der Waals surface area contributed by atoms with Crippen molar-refractivity contribution in [1.82, 2.24) is 9.99 Å². The van der Waals surface area contributed by atoms with E-state index in [1.165, 1.54) is 33.8 Å². The Balaban J connectivity index is 1.70. The van der Waals surface area contributed by atoms with Crippen LogP contribution in [0.4, 0.5) is 15.0 Å². The lowest BCUT2D eigenvalue weighted by atomic mass is 10.2. The minimum absolute atomic E-state index is 0.313. The van der Waals surface area contributed by atoms with E-state index in [-0.39, 0.29) is 17.2 Å². The van der Waals surface area contributed by atoms with Crippen molar-refractivity contribution in [3.63, 3.8) is 0 Å². The molecule has 0 saturated carbocycles. The summed E-state index contributed by atoms with van der Waals surface area (Å²) in [6.07, 6.45) is 1.63. The molecule has 2 amide bonds. The van der Waals surface area contributed by atoms with E-state index in [2.05, 4.69) is 10.1 Å². The van der Waals surface area contributed by atoms with E-state index >= 15 is 0 Å². The maximum Gasteiger partial charge on any atom is 0.347 e. The number of hydrogen-bond donors (Lipinski definition) is 0. The average Bonchev–Trinajstić information content (AvgIpc) is 3.19. The second kappa shape index (κ2) is 7.82. The first kappa shape index (κ1) is 18.2. The topological polar surface area (TPSA) is 48.8 Å². The molecule has 2 heterocycles. The molecule has 140 valence electrons. The van der Waals surface area contributed by atoms with Crippen molar-refractivity contribution < 1.29 is 9.18 Å². The maximum atomic E-state index is 13.7. The summed E-state index contributed by atoms with van der Waals surface area (Å²) in [5.74, 6) is 0.186. The van der Waals surface area contributed by atoms with Gasteiger partial charge in [-0.25, -0.2) is 14.2 Å². The molecule has 0 fully saturated rings. The lowest BCUT2D eigenvalue weighted by molar-refractivity contribution is 0.206. The highest BCUT2D eigenvalue weighted by atomic mass is 32.2. The van der Waals surface area contributed by atoms with E-state index < -0.39 is 0 Å². The summed E-state index contributed by atoms with van der Waals surface area (Å²) in [6, 6.07) is 20.9. The number of aromatic nitrogens is 1. The number of pyridine rings is 1. The Morgan fingerprint density at radius 3 is 2.57 bits per heavy atom. The second-order valence-corrected chi connectivity index (χ2v) is 7.24. The summed E-state index contributed by atoms with van der Waals surface area (Å²) >= 11 is 1.42. The molecule has 2 aromatic carbocycles. The van der Waals surface area contributed by atoms with E-state index in [1.54, 1.807) is 37.5 Å². The first-order chi connectivity index (χ1) is 13.6. The number of hydrogen-bond acceptors (Lipinski definition) is 4. The standard InChI is InChI=1S/C21H17FN4OS/c1-25(18-12-5-6-13-23-18)21(27)26-20(15-8-3-2-4-9-15)28-19(24-26)16-10-7-11-17(22)14-16/h2-14,20H,1H3. The zero-order valence-corrected chi connectivity index (χ0v) is 15.9. The van der Waals surface area contributed by atoms with Crippen molar-refractivity contribution in [3.05, 3.63) is 95.9 Å². The Bertz CT molecular complexity index is 1010. The van der Waals surface area contributed by atoms with E-state index in [0.29, 0.717) is 16.4 Å². The molecule has 4 rings (SSSR count). The van der Waals surface area contributed by atoms with Crippen molar-refractivity contribution >= 4 is 28.7 Å². The summed E-state index contributed by atoms with van der Waals surface area (Å²) in [5, 5.41) is 6.20. The quantitative estimate of drug-likeness (QED) is 0.638. The summed E-state index contributed by atoms with van der Waals surface area (Å²) in [4.78, 5) is 18.9. The van der Waals surface area contributed by atoms with Crippen LogP contribution in [0.1, 0.15) is 16.5 Å². The van der Waals surface area contributed by atoms with Crippen LogP contribution in [-0.4, -0.2) is 28.1 Å². The fourth-order valence-electron chi connectivity index (χ4n) is 2.85. The predicted molar refractivity (Wildman–Crippen MR) is 110 cm³/mol. The first-order valence-corrected chi connectivity index (χ1v) is 9.55. The summed E-state index contributed by atoms with van der Waals surface area (Å²) in [6.45, 7) is 0. The van der Waals surface area contributed by atoms with Gasteiger partial charge in [0.25, 0.3) is 0 Å². The number of nitrogens with zero attached hydrogens (tertiary/aromatic N) is 4. The molecular weight excluding hydrogens is 375 g/mol. The van der Waals surface area contributed by atoms with E-state index in [4.69, 9.17) is 0 Å².